The first kappa shape index (κ1) is 10.4. The molecular formula is C11H17N3O. The van der Waals surface area contributed by atoms with Crippen molar-refractivity contribution < 1.29 is 4.74 Å². The number of ether oxygens (including phenoxy) is 1. The van der Waals surface area contributed by atoms with Crippen LogP contribution in [-0.4, -0.2) is 29.2 Å². The zero-order chi connectivity index (χ0) is 10.5. The van der Waals surface area contributed by atoms with Gasteiger partial charge in [-0.2, -0.15) is 0 Å². The number of nitrogens with one attached hydrogen (secondary N) is 1. The van der Waals surface area contributed by atoms with E-state index in [-0.39, 0.29) is 0 Å². The SMILES string of the molecule is Cc1ccnc(OCC2CCCCN2)n1. The molecule has 4 heteroatoms. The van der Waals surface area contributed by atoms with Gasteiger partial charge in [0.1, 0.15) is 6.61 Å². The van der Waals surface area contributed by atoms with Crippen molar-refractivity contribution in [3.8, 4) is 6.01 Å². The molecule has 1 saturated heterocycles. The minimum Gasteiger partial charge on any atom is -0.462 e. The summed E-state index contributed by atoms with van der Waals surface area (Å²) in [6, 6.07) is 2.82. The van der Waals surface area contributed by atoms with E-state index >= 15 is 0 Å². The van der Waals surface area contributed by atoms with Gasteiger partial charge < -0.3 is 10.1 Å². The standard InChI is InChI=1S/C11H17N3O/c1-9-5-7-13-11(14-9)15-8-10-4-2-3-6-12-10/h5,7,10,12H,2-4,6,8H2,1H3. The minimum absolute atomic E-state index is 0.461. The molecule has 82 valence electrons. The molecule has 1 aliphatic rings. The number of aryl methyl sites for hydroxylation is 1. The molecule has 1 aromatic heterocycles. The van der Waals surface area contributed by atoms with E-state index in [1.165, 1.54) is 19.3 Å². The maximum atomic E-state index is 5.54. The first-order chi connectivity index (χ1) is 7.34. The Balaban J connectivity index is 1.81. The molecule has 0 bridgehead atoms. The summed E-state index contributed by atoms with van der Waals surface area (Å²) in [5.41, 5.74) is 0.941. The molecule has 0 aliphatic carbocycles. The lowest BCUT2D eigenvalue weighted by atomic mass is 10.1. The van der Waals surface area contributed by atoms with Crippen LogP contribution in [0.3, 0.4) is 0 Å². The van der Waals surface area contributed by atoms with Crippen molar-refractivity contribution >= 4 is 0 Å². The third kappa shape index (κ3) is 3.16. The van der Waals surface area contributed by atoms with Crippen molar-refractivity contribution in [1.29, 1.82) is 0 Å². The van der Waals surface area contributed by atoms with Crippen LogP contribution < -0.4 is 10.1 Å². The quantitative estimate of drug-likeness (QED) is 0.811. The van der Waals surface area contributed by atoms with E-state index in [1.54, 1.807) is 6.20 Å². The van der Waals surface area contributed by atoms with Crippen molar-refractivity contribution in [3.63, 3.8) is 0 Å². The Bertz CT molecular complexity index is 310. The molecule has 1 unspecified atom stereocenters. The van der Waals surface area contributed by atoms with Crippen molar-refractivity contribution in [2.45, 2.75) is 32.2 Å². The van der Waals surface area contributed by atoms with Gasteiger partial charge in [-0.3, -0.25) is 0 Å². The fraction of sp³-hybridized carbons (Fsp3) is 0.636. The molecular weight excluding hydrogens is 190 g/mol. The van der Waals surface area contributed by atoms with Crippen LogP contribution in [0.25, 0.3) is 0 Å². The average Bonchev–Trinajstić information content (AvgIpc) is 2.28. The Kier molecular flexibility index (Phi) is 3.50. The largest absolute Gasteiger partial charge is 0.462 e. The van der Waals surface area contributed by atoms with Crippen LogP contribution >= 0.6 is 0 Å². The van der Waals surface area contributed by atoms with Crippen LogP contribution in [0.2, 0.25) is 0 Å². The number of rotatable bonds is 3. The van der Waals surface area contributed by atoms with Crippen LogP contribution in [0.5, 0.6) is 6.01 Å². The summed E-state index contributed by atoms with van der Waals surface area (Å²) in [6.07, 6.45) is 5.48. The lowest BCUT2D eigenvalue weighted by Gasteiger charge is -2.22. The third-order valence-corrected chi connectivity index (χ3v) is 2.60. The molecule has 0 saturated carbocycles. The van der Waals surface area contributed by atoms with Gasteiger partial charge in [0, 0.05) is 17.9 Å². The molecule has 1 atom stereocenters. The predicted molar refractivity (Wildman–Crippen MR) is 57.9 cm³/mol. The normalized spacial score (nSPS) is 21.3. The highest BCUT2D eigenvalue weighted by Crippen LogP contribution is 2.08. The fourth-order valence-electron chi connectivity index (χ4n) is 1.74. The van der Waals surface area contributed by atoms with Crippen LogP contribution in [-0.2, 0) is 0 Å². The maximum absolute atomic E-state index is 5.54. The summed E-state index contributed by atoms with van der Waals surface area (Å²) in [5, 5.41) is 3.42. The Morgan fingerprint density at radius 2 is 2.47 bits per heavy atom. The second-order valence-corrected chi connectivity index (χ2v) is 3.94. The summed E-state index contributed by atoms with van der Waals surface area (Å²) in [6.45, 7) is 3.71. The minimum atomic E-state index is 0.461. The molecule has 0 spiro atoms. The van der Waals surface area contributed by atoms with Crippen LogP contribution in [0.15, 0.2) is 12.3 Å². The van der Waals surface area contributed by atoms with Gasteiger partial charge in [0.05, 0.1) is 0 Å². The number of hydrogen-bond donors (Lipinski definition) is 1. The number of nitrogens with zero attached hydrogens (tertiary/aromatic N) is 2. The molecule has 1 aromatic rings. The molecule has 15 heavy (non-hydrogen) atoms. The second-order valence-electron chi connectivity index (χ2n) is 3.94. The fourth-order valence-corrected chi connectivity index (χ4v) is 1.74. The number of aromatic nitrogens is 2. The van der Waals surface area contributed by atoms with Crippen molar-refractivity contribution in [1.82, 2.24) is 15.3 Å². The van der Waals surface area contributed by atoms with Gasteiger partial charge in [0.15, 0.2) is 0 Å². The van der Waals surface area contributed by atoms with Gasteiger partial charge in [-0.15, -0.1) is 0 Å². The molecule has 1 aliphatic heterocycles. The summed E-state index contributed by atoms with van der Waals surface area (Å²) in [5.74, 6) is 0. The van der Waals surface area contributed by atoms with E-state index in [2.05, 4.69) is 15.3 Å². The molecule has 2 rings (SSSR count). The molecule has 2 heterocycles. The highest BCUT2D eigenvalue weighted by Gasteiger charge is 2.13. The topological polar surface area (TPSA) is 47.0 Å². The van der Waals surface area contributed by atoms with Crippen molar-refractivity contribution in [3.05, 3.63) is 18.0 Å². The van der Waals surface area contributed by atoms with E-state index in [0.29, 0.717) is 18.7 Å². The van der Waals surface area contributed by atoms with E-state index in [9.17, 15) is 0 Å². The Hall–Kier alpha value is -1.16. The van der Waals surface area contributed by atoms with E-state index < -0.39 is 0 Å². The summed E-state index contributed by atoms with van der Waals surface area (Å²) in [7, 11) is 0. The summed E-state index contributed by atoms with van der Waals surface area (Å²) in [4.78, 5) is 8.26. The highest BCUT2D eigenvalue weighted by molar-refractivity contribution is 5.03. The monoisotopic (exact) mass is 207 g/mol. The van der Waals surface area contributed by atoms with E-state index in [0.717, 1.165) is 12.2 Å². The van der Waals surface area contributed by atoms with Gasteiger partial charge in [-0.1, -0.05) is 6.42 Å². The second kappa shape index (κ2) is 5.07. The van der Waals surface area contributed by atoms with E-state index in [1.807, 2.05) is 13.0 Å². The molecule has 1 N–H and O–H groups in total. The van der Waals surface area contributed by atoms with E-state index in [4.69, 9.17) is 4.74 Å². The Morgan fingerprint density at radius 1 is 1.53 bits per heavy atom. The van der Waals surface area contributed by atoms with Crippen molar-refractivity contribution in [2.24, 2.45) is 0 Å². The van der Waals surface area contributed by atoms with Gasteiger partial charge in [0.25, 0.3) is 0 Å². The molecule has 0 aromatic carbocycles. The van der Waals surface area contributed by atoms with Crippen LogP contribution in [0.1, 0.15) is 25.0 Å². The molecule has 0 radical (unpaired) electrons. The average molecular weight is 207 g/mol. The van der Waals surface area contributed by atoms with Crippen LogP contribution in [0.4, 0.5) is 0 Å². The van der Waals surface area contributed by atoms with Crippen LogP contribution in [0, 0.1) is 6.92 Å². The number of piperidine rings is 1. The maximum Gasteiger partial charge on any atom is 0.316 e. The zero-order valence-corrected chi connectivity index (χ0v) is 9.07. The molecule has 4 nitrogen and oxygen atoms in total. The summed E-state index contributed by atoms with van der Waals surface area (Å²) >= 11 is 0. The van der Waals surface area contributed by atoms with Crippen molar-refractivity contribution in [2.75, 3.05) is 13.2 Å². The van der Waals surface area contributed by atoms with Gasteiger partial charge in [0.2, 0.25) is 0 Å². The Labute approximate surface area is 90.1 Å². The third-order valence-electron chi connectivity index (χ3n) is 2.60. The highest BCUT2D eigenvalue weighted by atomic mass is 16.5. The first-order valence-corrected chi connectivity index (χ1v) is 5.50. The molecule has 1 fully saturated rings. The number of hydrogen-bond acceptors (Lipinski definition) is 4. The Morgan fingerprint density at radius 3 is 3.20 bits per heavy atom. The van der Waals surface area contributed by atoms with Gasteiger partial charge in [-0.25, -0.2) is 9.97 Å². The smallest absolute Gasteiger partial charge is 0.316 e. The lowest BCUT2D eigenvalue weighted by molar-refractivity contribution is 0.224. The lowest BCUT2D eigenvalue weighted by Crippen LogP contribution is -2.38. The predicted octanol–water partition coefficient (Wildman–Crippen LogP) is 1.31. The van der Waals surface area contributed by atoms with Gasteiger partial charge >= 0.3 is 6.01 Å². The van der Waals surface area contributed by atoms with Gasteiger partial charge in [-0.05, 0) is 32.4 Å². The molecule has 0 amide bonds. The summed E-state index contributed by atoms with van der Waals surface area (Å²) < 4.78 is 5.54. The first-order valence-electron chi connectivity index (χ1n) is 5.50. The zero-order valence-electron chi connectivity index (χ0n) is 9.07.